The zero-order chi connectivity index (χ0) is 14.5. The molecule has 4 heteroatoms. The Morgan fingerprint density at radius 1 is 1.25 bits per heavy atom. The van der Waals surface area contributed by atoms with Gasteiger partial charge in [0, 0.05) is 20.0 Å². The number of carbonyl (C=O) groups excluding carboxylic acids is 1. The van der Waals surface area contributed by atoms with E-state index >= 15 is 0 Å². The Labute approximate surface area is 119 Å². The van der Waals surface area contributed by atoms with Crippen LogP contribution in [0.3, 0.4) is 0 Å². The molecule has 1 aromatic carbocycles. The zero-order valence-corrected chi connectivity index (χ0v) is 12.5. The van der Waals surface area contributed by atoms with Crippen molar-refractivity contribution < 1.29 is 9.21 Å². The van der Waals surface area contributed by atoms with E-state index in [9.17, 15) is 4.79 Å². The van der Waals surface area contributed by atoms with Crippen molar-refractivity contribution >= 4 is 17.0 Å². The number of oxazole rings is 1. The van der Waals surface area contributed by atoms with Crippen molar-refractivity contribution in [2.45, 2.75) is 40.0 Å². The molecule has 20 heavy (non-hydrogen) atoms. The predicted octanol–water partition coefficient (Wildman–Crippen LogP) is 3.33. The van der Waals surface area contributed by atoms with E-state index in [0.29, 0.717) is 12.3 Å². The fourth-order valence-electron chi connectivity index (χ4n) is 2.39. The molecule has 2 rings (SSSR count). The van der Waals surface area contributed by atoms with Crippen LogP contribution in [0.5, 0.6) is 0 Å². The molecule has 1 amide bonds. The van der Waals surface area contributed by atoms with Crippen LogP contribution in [0.2, 0.25) is 0 Å². The highest BCUT2D eigenvalue weighted by Gasteiger charge is 2.13. The number of nitrogens with zero attached hydrogens (tertiary/aromatic N) is 2. The fourth-order valence-corrected chi connectivity index (χ4v) is 2.39. The molecule has 0 atom stereocenters. The SMILES string of the molecule is CCCN(CCC)C(=O)Cc1ccc2oc(C)nc2c1. The van der Waals surface area contributed by atoms with E-state index in [2.05, 4.69) is 18.8 Å². The Hall–Kier alpha value is -1.84. The first-order chi connectivity index (χ1) is 9.63. The van der Waals surface area contributed by atoms with Crippen molar-refractivity contribution in [3.05, 3.63) is 29.7 Å². The maximum absolute atomic E-state index is 12.3. The van der Waals surface area contributed by atoms with E-state index in [0.717, 1.165) is 42.6 Å². The Morgan fingerprint density at radius 3 is 2.60 bits per heavy atom. The fraction of sp³-hybridized carbons (Fsp3) is 0.500. The number of aromatic nitrogens is 1. The summed E-state index contributed by atoms with van der Waals surface area (Å²) >= 11 is 0. The lowest BCUT2D eigenvalue weighted by Crippen LogP contribution is -2.33. The highest BCUT2D eigenvalue weighted by Crippen LogP contribution is 2.17. The normalized spacial score (nSPS) is 10.9. The van der Waals surface area contributed by atoms with Crippen molar-refractivity contribution in [1.82, 2.24) is 9.88 Å². The van der Waals surface area contributed by atoms with Gasteiger partial charge in [0.25, 0.3) is 0 Å². The third-order valence-electron chi connectivity index (χ3n) is 3.25. The Morgan fingerprint density at radius 2 is 1.95 bits per heavy atom. The molecule has 0 unspecified atom stereocenters. The van der Waals surface area contributed by atoms with Gasteiger partial charge in [-0.3, -0.25) is 4.79 Å². The van der Waals surface area contributed by atoms with E-state index in [4.69, 9.17) is 4.42 Å². The molecule has 0 saturated carbocycles. The van der Waals surface area contributed by atoms with Gasteiger partial charge < -0.3 is 9.32 Å². The van der Waals surface area contributed by atoms with E-state index in [1.54, 1.807) is 0 Å². The third-order valence-corrected chi connectivity index (χ3v) is 3.25. The summed E-state index contributed by atoms with van der Waals surface area (Å²) in [6.07, 6.45) is 2.42. The lowest BCUT2D eigenvalue weighted by atomic mass is 10.1. The van der Waals surface area contributed by atoms with E-state index in [1.165, 1.54) is 0 Å². The lowest BCUT2D eigenvalue weighted by molar-refractivity contribution is -0.130. The number of carbonyl (C=O) groups is 1. The standard InChI is InChI=1S/C16H22N2O2/c1-4-8-18(9-5-2)16(19)11-13-6-7-15-14(10-13)17-12(3)20-15/h6-7,10H,4-5,8-9,11H2,1-3H3. The van der Waals surface area contributed by atoms with Gasteiger partial charge in [0.15, 0.2) is 11.5 Å². The van der Waals surface area contributed by atoms with Crippen LogP contribution in [0.4, 0.5) is 0 Å². The first-order valence-electron chi connectivity index (χ1n) is 7.28. The second-order valence-corrected chi connectivity index (χ2v) is 5.09. The molecule has 0 N–H and O–H groups in total. The summed E-state index contributed by atoms with van der Waals surface area (Å²) in [7, 11) is 0. The van der Waals surface area contributed by atoms with Crippen LogP contribution in [0.15, 0.2) is 22.6 Å². The van der Waals surface area contributed by atoms with E-state index in [-0.39, 0.29) is 5.91 Å². The van der Waals surface area contributed by atoms with E-state index in [1.807, 2.05) is 30.0 Å². The second-order valence-electron chi connectivity index (χ2n) is 5.09. The van der Waals surface area contributed by atoms with Gasteiger partial charge >= 0.3 is 0 Å². The molecule has 0 saturated heterocycles. The Bertz CT molecular complexity index is 583. The van der Waals surface area contributed by atoms with Gasteiger partial charge in [-0.2, -0.15) is 0 Å². The molecule has 0 spiro atoms. The molecule has 4 nitrogen and oxygen atoms in total. The number of amides is 1. The number of benzene rings is 1. The average Bonchev–Trinajstić information content (AvgIpc) is 2.77. The Kier molecular flexibility index (Phi) is 4.77. The summed E-state index contributed by atoms with van der Waals surface area (Å²) < 4.78 is 5.45. The average molecular weight is 274 g/mol. The number of hydrogen-bond acceptors (Lipinski definition) is 3. The topological polar surface area (TPSA) is 46.3 Å². The summed E-state index contributed by atoms with van der Waals surface area (Å²) in [6, 6.07) is 5.78. The molecule has 1 aromatic heterocycles. The van der Waals surface area contributed by atoms with Crippen molar-refractivity contribution in [2.75, 3.05) is 13.1 Å². The predicted molar refractivity (Wildman–Crippen MR) is 79.6 cm³/mol. The van der Waals surface area contributed by atoms with Gasteiger partial charge in [-0.15, -0.1) is 0 Å². The summed E-state index contributed by atoms with van der Waals surface area (Å²) in [5.74, 6) is 0.843. The van der Waals surface area contributed by atoms with Crippen LogP contribution >= 0.6 is 0 Å². The molecular formula is C16H22N2O2. The molecule has 0 aliphatic rings. The minimum Gasteiger partial charge on any atom is -0.441 e. The summed E-state index contributed by atoms with van der Waals surface area (Å²) in [5.41, 5.74) is 2.59. The zero-order valence-electron chi connectivity index (χ0n) is 12.5. The highest BCUT2D eigenvalue weighted by atomic mass is 16.3. The quantitative estimate of drug-likeness (QED) is 0.811. The van der Waals surface area contributed by atoms with Crippen LogP contribution in [-0.2, 0) is 11.2 Å². The van der Waals surface area contributed by atoms with Crippen LogP contribution in [0, 0.1) is 6.92 Å². The third kappa shape index (κ3) is 3.38. The van der Waals surface area contributed by atoms with Gasteiger partial charge in [0.05, 0.1) is 6.42 Å². The first-order valence-corrected chi connectivity index (χ1v) is 7.28. The number of aryl methyl sites for hydroxylation is 1. The van der Waals surface area contributed by atoms with Crippen LogP contribution < -0.4 is 0 Å². The maximum Gasteiger partial charge on any atom is 0.226 e. The van der Waals surface area contributed by atoms with Crippen molar-refractivity contribution in [1.29, 1.82) is 0 Å². The maximum atomic E-state index is 12.3. The number of rotatable bonds is 6. The number of hydrogen-bond donors (Lipinski definition) is 0. The van der Waals surface area contributed by atoms with Gasteiger partial charge in [-0.1, -0.05) is 19.9 Å². The molecule has 0 bridgehead atoms. The molecule has 0 fully saturated rings. The van der Waals surface area contributed by atoms with Crippen LogP contribution in [0.1, 0.15) is 38.1 Å². The van der Waals surface area contributed by atoms with Crippen molar-refractivity contribution in [3.63, 3.8) is 0 Å². The van der Waals surface area contributed by atoms with Crippen LogP contribution in [-0.4, -0.2) is 28.9 Å². The highest BCUT2D eigenvalue weighted by molar-refractivity contribution is 5.81. The monoisotopic (exact) mass is 274 g/mol. The van der Waals surface area contributed by atoms with Gasteiger partial charge in [-0.25, -0.2) is 4.98 Å². The van der Waals surface area contributed by atoms with Gasteiger partial charge in [-0.05, 0) is 30.5 Å². The first kappa shape index (κ1) is 14.6. The largest absolute Gasteiger partial charge is 0.441 e. The summed E-state index contributed by atoms with van der Waals surface area (Å²) in [6.45, 7) is 7.69. The summed E-state index contributed by atoms with van der Waals surface area (Å²) in [5, 5.41) is 0. The minimum absolute atomic E-state index is 0.188. The smallest absolute Gasteiger partial charge is 0.226 e. The molecule has 0 aliphatic heterocycles. The van der Waals surface area contributed by atoms with Crippen LogP contribution in [0.25, 0.3) is 11.1 Å². The molecule has 2 aromatic rings. The minimum atomic E-state index is 0.188. The molecule has 0 aliphatic carbocycles. The van der Waals surface area contributed by atoms with Gasteiger partial charge in [0.1, 0.15) is 5.52 Å². The van der Waals surface area contributed by atoms with Crippen molar-refractivity contribution in [2.24, 2.45) is 0 Å². The Balaban J connectivity index is 2.11. The molecule has 1 heterocycles. The van der Waals surface area contributed by atoms with Crippen molar-refractivity contribution in [3.8, 4) is 0 Å². The molecule has 108 valence electrons. The summed E-state index contributed by atoms with van der Waals surface area (Å²) in [4.78, 5) is 18.6. The molecule has 0 radical (unpaired) electrons. The molecular weight excluding hydrogens is 252 g/mol. The lowest BCUT2D eigenvalue weighted by Gasteiger charge is -2.21. The number of fused-ring (bicyclic) bond motifs is 1. The van der Waals surface area contributed by atoms with Gasteiger partial charge in [0.2, 0.25) is 5.91 Å². The second kappa shape index (κ2) is 6.55. The van der Waals surface area contributed by atoms with E-state index < -0.39 is 0 Å².